The summed E-state index contributed by atoms with van der Waals surface area (Å²) in [4.78, 5) is 26.4. The second kappa shape index (κ2) is 8.72. The summed E-state index contributed by atoms with van der Waals surface area (Å²) in [5.41, 5.74) is 2.47. The summed E-state index contributed by atoms with van der Waals surface area (Å²) in [6.07, 6.45) is 0. The molecule has 0 bridgehead atoms. The molecule has 5 heteroatoms. The Hall–Kier alpha value is -1.49. The largest absolute Gasteiger partial charge is 0.355 e. The molecule has 2 amide bonds. The van der Waals surface area contributed by atoms with E-state index in [2.05, 4.69) is 31.3 Å². The summed E-state index contributed by atoms with van der Waals surface area (Å²) in [7, 11) is 0. The molecule has 0 fully saturated rings. The minimum Gasteiger partial charge on any atom is -0.355 e. The van der Waals surface area contributed by atoms with Crippen molar-refractivity contribution in [3.8, 4) is 0 Å². The van der Waals surface area contributed by atoms with Gasteiger partial charge in [-0.05, 0) is 51.0 Å². The number of benzene rings is 1. The molecule has 0 aliphatic carbocycles. The van der Waals surface area contributed by atoms with Crippen molar-refractivity contribution >= 4 is 23.6 Å². The molecule has 1 aromatic carbocycles. The lowest BCUT2D eigenvalue weighted by atomic mass is 10.1. The molecule has 1 rings (SSSR count). The third-order valence-electron chi connectivity index (χ3n) is 3.28. The van der Waals surface area contributed by atoms with Crippen molar-refractivity contribution in [3.05, 3.63) is 29.3 Å². The number of amides is 2. The monoisotopic (exact) mass is 308 g/mol. The van der Waals surface area contributed by atoms with Gasteiger partial charge in [0.2, 0.25) is 11.8 Å². The molecule has 1 aromatic rings. The van der Waals surface area contributed by atoms with Crippen LogP contribution in [0, 0.1) is 13.8 Å². The van der Waals surface area contributed by atoms with Crippen LogP contribution in [0.5, 0.6) is 0 Å². The first-order valence-electron chi connectivity index (χ1n) is 7.22. The predicted molar refractivity (Wildman–Crippen MR) is 87.6 cm³/mol. The van der Waals surface area contributed by atoms with Crippen LogP contribution in [0.1, 0.15) is 25.0 Å². The average molecular weight is 308 g/mol. The lowest BCUT2D eigenvalue weighted by Crippen LogP contribution is -2.41. The normalized spacial score (nSPS) is 10.3. The van der Waals surface area contributed by atoms with Crippen LogP contribution in [0.2, 0.25) is 0 Å². The van der Waals surface area contributed by atoms with Gasteiger partial charge in [0, 0.05) is 18.0 Å². The van der Waals surface area contributed by atoms with Crippen LogP contribution >= 0.6 is 11.8 Å². The van der Waals surface area contributed by atoms with Crippen molar-refractivity contribution in [1.29, 1.82) is 0 Å². The van der Waals surface area contributed by atoms with Gasteiger partial charge in [0.25, 0.3) is 0 Å². The Labute approximate surface area is 131 Å². The highest BCUT2D eigenvalue weighted by molar-refractivity contribution is 8.00. The number of likely N-dealkylation sites (N-methyl/N-ethyl adjacent to an activating group) is 2. The van der Waals surface area contributed by atoms with Crippen molar-refractivity contribution in [2.24, 2.45) is 0 Å². The molecule has 0 aliphatic rings. The summed E-state index contributed by atoms with van der Waals surface area (Å²) in [5, 5.41) is 2.71. The van der Waals surface area contributed by atoms with Gasteiger partial charge in [-0.2, -0.15) is 0 Å². The molecule has 0 aromatic heterocycles. The number of hydrogen-bond acceptors (Lipinski definition) is 3. The smallest absolute Gasteiger partial charge is 0.239 e. The van der Waals surface area contributed by atoms with Crippen molar-refractivity contribution in [3.63, 3.8) is 0 Å². The Kier molecular flexibility index (Phi) is 7.29. The number of thioether (sulfide) groups is 1. The highest BCUT2D eigenvalue weighted by atomic mass is 32.2. The maximum atomic E-state index is 12.2. The molecule has 0 spiro atoms. The zero-order valence-corrected chi connectivity index (χ0v) is 14.0. The molecule has 4 nitrogen and oxygen atoms in total. The Morgan fingerprint density at radius 2 is 1.90 bits per heavy atom. The summed E-state index contributed by atoms with van der Waals surface area (Å²) in [6.45, 7) is 9.15. The zero-order chi connectivity index (χ0) is 15.8. The molecule has 0 unspecified atom stereocenters. The van der Waals surface area contributed by atoms with Gasteiger partial charge in [0.15, 0.2) is 0 Å². The van der Waals surface area contributed by atoms with E-state index in [1.54, 1.807) is 4.90 Å². The van der Waals surface area contributed by atoms with Gasteiger partial charge in [-0.25, -0.2) is 0 Å². The molecule has 116 valence electrons. The van der Waals surface area contributed by atoms with E-state index in [1.165, 1.54) is 22.9 Å². The quantitative estimate of drug-likeness (QED) is 0.787. The van der Waals surface area contributed by atoms with Gasteiger partial charge in [-0.3, -0.25) is 9.59 Å². The second-order valence-corrected chi connectivity index (χ2v) is 5.94. The molecule has 0 aliphatic heterocycles. The molecule has 0 radical (unpaired) electrons. The van der Waals surface area contributed by atoms with Crippen LogP contribution in [0.3, 0.4) is 0 Å². The molecule has 21 heavy (non-hydrogen) atoms. The maximum Gasteiger partial charge on any atom is 0.239 e. The number of carbonyl (C=O) groups excluding carboxylic acids is 2. The van der Waals surface area contributed by atoms with E-state index in [-0.39, 0.29) is 18.4 Å². The van der Waals surface area contributed by atoms with E-state index in [9.17, 15) is 9.59 Å². The van der Waals surface area contributed by atoms with E-state index in [0.29, 0.717) is 18.8 Å². The fraction of sp³-hybridized carbons (Fsp3) is 0.500. The Morgan fingerprint density at radius 3 is 2.48 bits per heavy atom. The molecular weight excluding hydrogens is 284 g/mol. The lowest BCUT2D eigenvalue weighted by molar-refractivity contribution is -0.133. The first kappa shape index (κ1) is 17.6. The highest BCUT2D eigenvalue weighted by Gasteiger charge is 2.15. The van der Waals surface area contributed by atoms with E-state index in [1.807, 2.05) is 19.9 Å². The third-order valence-corrected chi connectivity index (χ3v) is 4.26. The van der Waals surface area contributed by atoms with Gasteiger partial charge in [-0.1, -0.05) is 6.07 Å². The minimum atomic E-state index is -0.108. The Morgan fingerprint density at radius 1 is 1.19 bits per heavy atom. The lowest BCUT2D eigenvalue weighted by Gasteiger charge is -2.20. The summed E-state index contributed by atoms with van der Waals surface area (Å²) < 4.78 is 0. The summed E-state index contributed by atoms with van der Waals surface area (Å²) in [6, 6.07) is 6.18. The number of hydrogen-bond donors (Lipinski definition) is 1. The summed E-state index contributed by atoms with van der Waals surface area (Å²) >= 11 is 1.51. The van der Waals surface area contributed by atoms with E-state index >= 15 is 0 Å². The van der Waals surface area contributed by atoms with Gasteiger partial charge >= 0.3 is 0 Å². The SMILES string of the molecule is CCNC(=O)CN(CC)C(=O)CSc1ccc(C)c(C)c1. The zero-order valence-electron chi connectivity index (χ0n) is 13.2. The van der Waals surface area contributed by atoms with Crippen molar-refractivity contribution in [2.75, 3.05) is 25.4 Å². The van der Waals surface area contributed by atoms with Crippen LogP contribution in [-0.4, -0.2) is 42.1 Å². The number of nitrogens with one attached hydrogen (secondary N) is 1. The molecule has 0 saturated carbocycles. The second-order valence-electron chi connectivity index (χ2n) is 4.90. The summed E-state index contributed by atoms with van der Waals surface area (Å²) in [5.74, 6) is 0.242. The fourth-order valence-corrected chi connectivity index (χ4v) is 2.74. The van der Waals surface area contributed by atoms with E-state index in [0.717, 1.165) is 4.90 Å². The van der Waals surface area contributed by atoms with E-state index < -0.39 is 0 Å². The topological polar surface area (TPSA) is 49.4 Å². The molecule has 0 heterocycles. The Balaban J connectivity index is 2.54. The number of nitrogens with zero attached hydrogens (tertiary/aromatic N) is 1. The molecular formula is C16H24N2O2S. The van der Waals surface area contributed by atoms with Crippen LogP contribution < -0.4 is 5.32 Å². The first-order chi connectivity index (χ1) is 9.97. The van der Waals surface area contributed by atoms with Crippen LogP contribution in [0.25, 0.3) is 0 Å². The number of aryl methyl sites for hydroxylation is 2. The van der Waals surface area contributed by atoms with Crippen molar-refractivity contribution < 1.29 is 9.59 Å². The van der Waals surface area contributed by atoms with Crippen LogP contribution in [0.15, 0.2) is 23.1 Å². The minimum absolute atomic E-state index is 0.00742. The molecule has 1 N–H and O–H groups in total. The van der Waals surface area contributed by atoms with Gasteiger partial charge < -0.3 is 10.2 Å². The first-order valence-corrected chi connectivity index (χ1v) is 8.21. The fourth-order valence-electron chi connectivity index (χ4n) is 1.84. The van der Waals surface area contributed by atoms with Gasteiger partial charge in [-0.15, -0.1) is 11.8 Å². The average Bonchev–Trinajstić information content (AvgIpc) is 2.46. The van der Waals surface area contributed by atoms with Crippen LogP contribution in [0.4, 0.5) is 0 Å². The van der Waals surface area contributed by atoms with Gasteiger partial charge in [0.1, 0.15) is 0 Å². The highest BCUT2D eigenvalue weighted by Crippen LogP contribution is 2.21. The maximum absolute atomic E-state index is 12.2. The molecule has 0 saturated heterocycles. The van der Waals surface area contributed by atoms with E-state index in [4.69, 9.17) is 0 Å². The van der Waals surface area contributed by atoms with Gasteiger partial charge in [0.05, 0.1) is 12.3 Å². The third kappa shape index (κ3) is 5.79. The van der Waals surface area contributed by atoms with Crippen molar-refractivity contribution in [1.82, 2.24) is 10.2 Å². The molecule has 0 atom stereocenters. The number of rotatable bonds is 7. The standard InChI is InChI=1S/C16H24N2O2S/c1-5-17-15(19)10-18(6-2)16(20)11-21-14-8-7-12(3)13(4)9-14/h7-9H,5-6,10-11H2,1-4H3,(H,17,19). The predicted octanol–water partition coefficient (Wildman–Crippen LogP) is 2.38. The van der Waals surface area contributed by atoms with Crippen LogP contribution in [-0.2, 0) is 9.59 Å². The Bertz CT molecular complexity index is 503. The number of carbonyl (C=O) groups is 2. The van der Waals surface area contributed by atoms with Crippen molar-refractivity contribution in [2.45, 2.75) is 32.6 Å².